The van der Waals surface area contributed by atoms with Gasteiger partial charge >= 0.3 is 0 Å². The van der Waals surface area contributed by atoms with Crippen LogP contribution in [-0.2, 0) is 0 Å². The van der Waals surface area contributed by atoms with E-state index in [0.717, 1.165) is 0 Å². The summed E-state index contributed by atoms with van der Waals surface area (Å²) in [4.78, 5) is 2.56. The largest absolute Gasteiger partial charge is 0.314 e. The third kappa shape index (κ3) is 4.28. The maximum atomic E-state index is 3.36. The molecule has 3 heteroatoms. The number of hydrogen-bond acceptors (Lipinski definition) is 2. The van der Waals surface area contributed by atoms with Gasteiger partial charge < -0.3 is 10.2 Å². The van der Waals surface area contributed by atoms with E-state index >= 15 is 0 Å². The van der Waals surface area contributed by atoms with E-state index in [-0.39, 0.29) is 0 Å². The molecule has 0 aliphatic carbocycles. The lowest BCUT2D eigenvalue weighted by molar-refractivity contribution is 0.238. The molecule has 0 atom stereocenters. The Morgan fingerprint density at radius 3 is 2.55 bits per heavy atom. The molecule has 1 fully saturated rings. The Balaban J connectivity index is 1.96. The molecule has 1 aliphatic heterocycles. The molecule has 0 unspecified atom stereocenters. The molecule has 11 heavy (non-hydrogen) atoms. The second kappa shape index (κ2) is 6.20. The molecule has 1 rings (SSSR count). The first-order valence-corrected chi connectivity index (χ1v) is 5.95. The van der Waals surface area contributed by atoms with Crippen LogP contribution in [0.3, 0.4) is 0 Å². The zero-order chi connectivity index (χ0) is 7.94. The maximum absolute atomic E-state index is 3.36. The molecule has 1 N–H and O–H groups in total. The average Bonchev–Trinajstić information content (AvgIpc) is 2.07. The lowest BCUT2D eigenvalue weighted by Gasteiger charge is -2.26. The molecule has 0 aromatic rings. The summed E-state index contributed by atoms with van der Waals surface area (Å²) >= 11 is 2.45. The summed E-state index contributed by atoms with van der Waals surface area (Å²) in [5.41, 5.74) is 0. The van der Waals surface area contributed by atoms with Gasteiger partial charge in [-0.3, -0.25) is 0 Å². The van der Waals surface area contributed by atoms with Crippen molar-refractivity contribution in [3.8, 4) is 0 Å². The maximum Gasteiger partial charge on any atom is 0.0107 e. The Bertz CT molecular complexity index is 92.1. The van der Waals surface area contributed by atoms with Gasteiger partial charge in [-0.2, -0.15) is 0 Å². The van der Waals surface area contributed by atoms with Crippen LogP contribution in [0.4, 0.5) is 0 Å². The lowest BCUT2D eigenvalue weighted by atomic mass is 10.3. The number of nitrogens with one attached hydrogen (secondary N) is 1. The molecule has 0 spiro atoms. The Hall–Kier alpha value is 0.650. The van der Waals surface area contributed by atoms with Gasteiger partial charge in [-0.1, -0.05) is 22.6 Å². The van der Waals surface area contributed by atoms with Gasteiger partial charge in [0, 0.05) is 26.2 Å². The fraction of sp³-hybridized carbons (Fsp3) is 1.00. The molecular formula is C8H17IN2. The van der Waals surface area contributed by atoms with E-state index in [0.29, 0.717) is 0 Å². The van der Waals surface area contributed by atoms with Crippen molar-refractivity contribution in [2.75, 3.05) is 37.2 Å². The second-order valence-electron chi connectivity index (χ2n) is 2.99. The van der Waals surface area contributed by atoms with Crippen LogP contribution in [0.5, 0.6) is 0 Å². The molecule has 0 aromatic carbocycles. The van der Waals surface area contributed by atoms with Crippen molar-refractivity contribution >= 4 is 22.6 Å². The smallest absolute Gasteiger partial charge is 0.0107 e. The zero-order valence-corrected chi connectivity index (χ0v) is 9.14. The van der Waals surface area contributed by atoms with Crippen LogP contribution in [0, 0.1) is 0 Å². The highest BCUT2D eigenvalue weighted by atomic mass is 127. The molecule has 0 amide bonds. The molecule has 0 radical (unpaired) electrons. The highest BCUT2D eigenvalue weighted by Crippen LogP contribution is 1.99. The Kier molecular flexibility index (Phi) is 5.49. The van der Waals surface area contributed by atoms with Crippen molar-refractivity contribution in [1.29, 1.82) is 0 Å². The third-order valence-electron chi connectivity index (χ3n) is 2.07. The molecule has 0 bridgehead atoms. The molecule has 2 nitrogen and oxygen atoms in total. The topological polar surface area (TPSA) is 15.3 Å². The summed E-state index contributed by atoms with van der Waals surface area (Å²) in [6.07, 6.45) is 2.76. The molecule has 1 aliphatic rings. The molecule has 1 saturated heterocycles. The van der Waals surface area contributed by atoms with Gasteiger partial charge in [-0.05, 0) is 23.8 Å². The van der Waals surface area contributed by atoms with Crippen molar-refractivity contribution in [2.24, 2.45) is 0 Å². The van der Waals surface area contributed by atoms with E-state index in [1.807, 2.05) is 0 Å². The quantitative estimate of drug-likeness (QED) is 0.467. The standard InChI is InChI=1S/C8H17IN2/c9-3-1-2-6-11-7-4-10-5-8-11/h10H,1-8H2. The minimum absolute atomic E-state index is 1.18. The number of halogens is 1. The minimum atomic E-state index is 1.18. The first-order valence-electron chi connectivity index (χ1n) is 4.42. The average molecular weight is 268 g/mol. The molecule has 0 aromatic heterocycles. The minimum Gasteiger partial charge on any atom is -0.314 e. The van der Waals surface area contributed by atoms with E-state index in [2.05, 4.69) is 32.8 Å². The summed E-state index contributed by atoms with van der Waals surface area (Å²) in [6.45, 7) is 6.18. The van der Waals surface area contributed by atoms with Crippen molar-refractivity contribution in [3.05, 3.63) is 0 Å². The van der Waals surface area contributed by atoms with Gasteiger partial charge in [0.15, 0.2) is 0 Å². The van der Waals surface area contributed by atoms with Gasteiger partial charge in [-0.25, -0.2) is 0 Å². The predicted molar refractivity (Wildman–Crippen MR) is 57.4 cm³/mol. The van der Waals surface area contributed by atoms with E-state index in [1.165, 1.54) is 50.0 Å². The van der Waals surface area contributed by atoms with Gasteiger partial charge in [0.2, 0.25) is 0 Å². The monoisotopic (exact) mass is 268 g/mol. The number of unbranched alkanes of at least 4 members (excludes halogenated alkanes) is 1. The van der Waals surface area contributed by atoms with Crippen molar-refractivity contribution in [1.82, 2.24) is 10.2 Å². The van der Waals surface area contributed by atoms with E-state index in [9.17, 15) is 0 Å². The lowest BCUT2D eigenvalue weighted by Crippen LogP contribution is -2.43. The Morgan fingerprint density at radius 1 is 1.18 bits per heavy atom. The molecular weight excluding hydrogens is 251 g/mol. The first-order chi connectivity index (χ1) is 5.43. The molecule has 1 heterocycles. The summed E-state index contributed by atoms with van der Waals surface area (Å²) < 4.78 is 1.31. The first kappa shape index (κ1) is 9.74. The fourth-order valence-electron chi connectivity index (χ4n) is 1.36. The Morgan fingerprint density at radius 2 is 1.91 bits per heavy atom. The van der Waals surface area contributed by atoms with Crippen LogP contribution in [0.2, 0.25) is 0 Å². The number of nitrogens with zero attached hydrogens (tertiary/aromatic N) is 1. The van der Waals surface area contributed by atoms with Crippen LogP contribution in [0.1, 0.15) is 12.8 Å². The van der Waals surface area contributed by atoms with E-state index in [4.69, 9.17) is 0 Å². The van der Waals surface area contributed by atoms with Crippen LogP contribution in [-0.4, -0.2) is 42.1 Å². The fourth-order valence-corrected chi connectivity index (χ4v) is 1.90. The molecule has 0 saturated carbocycles. The van der Waals surface area contributed by atoms with Crippen molar-refractivity contribution < 1.29 is 0 Å². The highest BCUT2D eigenvalue weighted by Gasteiger charge is 2.07. The number of piperazine rings is 1. The van der Waals surface area contributed by atoms with Gasteiger partial charge in [0.25, 0.3) is 0 Å². The van der Waals surface area contributed by atoms with Gasteiger partial charge in [0.1, 0.15) is 0 Å². The van der Waals surface area contributed by atoms with Gasteiger partial charge in [-0.15, -0.1) is 0 Å². The van der Waals surface area contributed by atoms with E-state index in [1.54, 1.807) is 0 Å². The summed E-state index contributed by atoms with van der Waals surface area (Å²) in [5.74, 6) is 0. The molecule has 66 valence electrons. The number of hydrogen-bond donors (Lipinski definition) is 1. The number of rotatable bonds is 4. The van der Waals surface area contributed by atoms with Gasteiger partial charge in [0.05, 0.1) is 0 Å². The summed E-state index contributed by atoms with van der Waals surface area (Å²) in [6, 6.07) is 0. The van der Waals surface area contributed by atoms with Crippen molar-refractivity contribution in [2.45, 2.75) is 12.8 Å². The van der Waals surface area contributed by atoms with Crippen LogP contribution >= 0.6 is 22.6 Å². The van der Waals surface area contributed by atoms with Crippen molar-refractivity contribution in [3.63, 3.8) is 0 Å². The summed E-state index contributed by atoms with van der Waals surface area (Å²) in [5, 5.41) is 3.36. The SMILES string of the molecule is ICCCCN1CCNCC1. The van der Waals surface area contributed by atoms with Crippen LogP contribution in [0.15, 0.2) is 0 Å². The third-order valence-corrected chi connectivity index (χ3v) is 2.83. The Labute approximate surface area is 82.9 Å². The predicted octanol–water partition coefficient (Wildman–Crippen LogP) is 1.11. The second-order valence-corrected chi connectivity index (χ2v) is 4.07. The van der Waals surface area contributed by atoms with Crippen LogP contribution in [0.25, 0.3) is 0 Å². The zero-order valence-electron chi connectivity index (χ0n) is 6.98. The number of alkyl halides is 1. The van der Waals surface area contributed by atoms with E-state index < -0.39 is 0 Å². The normalized spacial score (nSPS) is 20.5. The van der Waals surface area contributed by atoms with Crippen LogP contribution < -0.4 is 5.32 Å². The highest BCUT2D eigenvalue weighted by molar-refractivity contribution is 14.1. The summed E-state index contributed by atoms with van der Waals surface area (Å²) in [7, 11) is 0.